The molecule has 0 aliphatic heterocycles. The zero-order valence-corrected chi connectivity index (χ0v) is 14.4. The lowest BCUT2D eigenvalue weighted by Gasteiger charge is -2.36. The molecule has 0 bridgehead atoms. The Morgan fingerprint density at radius 3 is 2.53 bits per heavy atom. The van der Waals surface area contributed by atoms with E-state index in [-0.39, 0.29) is 10.4 Å². The molecule has 4 nitrogen and oxygen atoms in total. The van der Waals surface area contributed by atoms with Crippen molar-refractivity contribution in [3.8, 4) is 0 Å². The maximum atomic E-state index is 12.4. The molecule has 0 aromatic carbocycles. The normalized spacial score (nSPS) is 19.3. The first-order valence-corrected chi connectivity index (χ1v) is 9.58. The third-order valence-corrected chi connectivity index (χ3v) is 6.46. The molecule has 0 amide bonds. The Labute approximate surface area is 130 Å². The Bertz CT molecular complexity index is 542. The standard InChI is InChI=1S/C12H16Br2N2O2S/c13-9-12(4-2-1-3-5-12)16-19(17,18)11-6-10(14)7-15-8-11/h6-8,16H,1-5,9H2. The highest BCUT2D eigenvalue weighted by atomic mass is 79.9. The molecule has 0 spiro atoms. The average molecular weight is 412 g/mol. The number of alkyl halides is 1. The van der Waals surface area contributed by atoms with E-state index in [1.54, 1.807) is 12.3 Å². The predicted octanol–water partition coefficient (Wildman–Crippen LogP) is 3.22. The van der Waals surface area contributed by atoms with Gasteiger partial charge in [0, 0.05) is 27.7 Å². The van der Waals surface area contributed by atoms with Gasteiger partial charge in [0.1, 0.15) is 4.90 Å². The molecule has 1 fully saturated rings. The van der Waals surface area contributed by atoms with Crippen molar-refractivity contribution in [2.45, 2.75) is 42.5 Å². The van der Waals surface area contributed by atoms with Gasteiger partial charge in [-0.25, -0.2) is 13.1 Å². The Balaban J connectivity index is 2.25. The number of pyridine rings is 1. The Hall–Kier alpha value is 0.0200. The quantitative estimate of drug-likeness (QED) is 0.773. The molecule has 0 saturated heterocycles. The molecule has 1 N–H and O–H groups in total. The van der Waals surface area contributed by atoms with Gasteiger partial charge in [0.05, 0.1) is 0 Å². The molecule has 106 valence electrons. The molecule has 1 aromatic heterocycles. The van der Waals surface area contributed by atoms with Crippen molar-refractivity contribution >= 4 is 41.9 Å². The first kappa shape index (κ1) is 15.4. The van der Waals surface area contributed by atoms with Crippen molar-refractivity contribution in [1.82, 2.24) is 9.71 Å². The summed E-state index contributed by atoms with van der Waals surface area (Å²) >= 11 is 6.70. The fraction of sp³-hybridized carbons (Fsp3) is 0.583. The summed E-state index contributed by atoms with van der Waals surface area (Å²) in [5, 5.41) is 0.640. The third kappa shape index (κ3) is 3.77. The summed E-state index contributed by atoms with van der Waals surface area (Å²) in [6, 6.07) is 1.57. The van der Waals surface area contributed by atoms with E-state index in [1.165, 1.54) is 12.6 Å². The molecule has 19 heavy (non-hydrogen) atoms. The number of halogens is 2. The second kappa shape index (κ2) is 6.20. The second-order valence-electron chi connectivity index (χ2n) is 4.92. The highest BCUT2D eigenvalue weighted by Crippen LogP contribution is 2.31. The van der Waals surface area contributed by atoms with E-state index in [2.05, 4.69) is 41.6 Å². The minimum atomic E-state index is -3.53. The van der Waals surface area contributed by atoms with Crippen molar-refractivity contribution in [3.63, 3.8) is 0 Å². The first-order chi connectivity index (χ1) is 8.97. The summed E-state index contributed by atoms with van der Waals surface area (Å²) in [7, 11) is -3.53. The van der Waals surface area contributed by atoms with E-state index in [0.717, 1.165) is 25.7 Å². The SMILES string of the molecule is O=S(=O)(NC1(CBr)CCCCC1)c1cncc(Br)c1. The topological polar surface area (TPSA) is 59.1 Å². The van der Waals surface area contributed by atoms with E-state index in [1.807, 2.05) is 0 Å². The van der Waals surface area contributed by atoms with Crippen LogP contribution >= 0.6 is 31.9 Å². The van der Waals surface area contributed by atoms with Crippen LogP contribution in [0.25, 0.3) is 0 Å². The average Bonchev–Trinajstić information content (AvgIpc) is 2.39. The van der Waals surface area contributed by atoms with Crippen molar-refractivity contribution < 1.29 is 8.42 Å². The molecule has 0 atom stereocenters. The van der Waals surface area contributed by atoms with Crippen molar-refractivity contribution in [2.24, 2.45) is 0 Å². The van der Waals surface area contributed by atoms with Crippen LogP contribution in [0.5, 0.6) is 0 Å². The zero-order valence-electron chi connectivity index (χ0n) is 10.4. The number of aromatic nitrogens is 1. The largest absolute Gasteiger partial charge is 0.262 e. The number of rotatable bonds is 4. The highest BCUT2D eigenvalue weighted by Gasteiger charge is 2.35. The van der Waals surface area contributed by atoms with Gasteiger partial charge in [0.25, 0.3) is 0 Å². The van der Waals surface area contributed by atoms with Gasteiger partial charge < -0.3 is 0 Å². The summed E-state index contributed by atoms with van der Waals surface area (Å²) in [4.78, 5) is 4.12. The van der Waals surface area contributed by atoms with Gasteiger partial charge in [-0.05, 0) is 34.8 Å². The van der Waals surface area contributed by atoms with Gasteiger partial charge >= 0.3 is 0 Å². The van der Waals surface area contributed by atoms with Crippen LogP contribution in [0.1, 0.15) is 32.1 Å². The van der Waals surface area contributed by atoms with Crippen LogP contribution in [0, 0.1) is 0 Å². The molecular weight excluding hydrogens is 396 g/mol. The smallest absolute Gasteiger partial charge is 0.242 e. The Kier molecular flexibility index (Phi) is 5.03. The summed E-state index contributed by atoms with van der Waals surface area (Å²) in [5.41, 5.74) is -0.362. The second-order valence-corrected chi connectivity index (χ2v) is 8.08. The number of hydrogen-bond donors (Lipinski definition) is 1. The zero-order chi connectivity index (χ0) is 13.9. The molecule has 1 aliphatic rings. The maximum absolute atomic E-state index is 12.4. The minimum absolute atomic E-state index is 0.202. The number of nitrogens with one attached hydrogen (secondary N) is 1. The van der Waals surface area contributed by atoms with Crippen LogP contribution in [0.3, 0.4) is 0 Å². The van der Waals surface area contributed by atoms with E-state index in [0.29, 0.717) is 9.80 Å². The monoisotopic (exact) mass is 410 g/mol. The van der Waals surface area contributed by atoms with Crippen LogP contribution < -0.4 is 4.72 Å². The summed E-state index contributed by atoms with van der Waals surface area (Å²) in [6.45, 7) is 0. The third-order valence-electron chi connectivity index (χ3n) is 3.41. The van der Waals surface area contributed by atoms with Crippen molar-refractivity contribution in [3.05, 3.63) is 22.9 Å². The number of nitrogens with zero attached hydrogens (tertiary/aromatic N) is 1. The Morgan fingerprint density at radius 1 is 1.26 bits per heavy atom. The summed E-state index contributed by atoms with van der Waals surface area (Å²) < 4.78 is 28.4. The van der Waals surface area contributed by atoms with E-state index in [4.69, 9.17) is 0 Å². The van der Waals surface area contributed by atoms with Gasteiger partial charge in [0.15, 0.2) is 0 Å². The van der Waals surface area contributed by atoms with Crippen LogP contribution in [0.4, 0.5) is 0 Å². The Morgan fingerprint density at radius 2 is 1.95 bits per heavy atom. The first-order valence-electron chi connectivity index (χ1n) is 6.18. The van der Waals surface area contributed by atoms with Crippen LogP contribution in [0.15, 0.2) is 27.8 Å². The molecule has 7 heteroatoms. The summed E-state index contributed by atoms with van der Waals surface area (Å²) in [5.74, 6) is 0. The van der Waals surface area contributed by atoms with Gasteiger partial charge in [0.2, 0.25) is 10.0 Å². The number of sulfonamides is 1. The molecule has 2 rings (SSSR count). The molecule has 1 heterocycles. The fourth-order valence-electron chi connectivity index (χ4n) is 2.37. The molecular formula is C12H16Br2N2O2S. The van der Waals surface area contributed by atoms with Gasteiger partial charge in [-0.15, -0.1) is 0 Å². The summed E-state index contributed by atoms with van der Waals surface area (Å²) in [6.07, 6.45) is 7.99. The molecule has 1 aliphatic carbocycles. The predicted molar refractivity (Wildman–Crippen MR) is 81.9 cm³/mol. The minimum Gasteiger partial charge on any atom is -0.262 e. The lowest BCUT2D eigenvalue weighted by Crippen LogP contribution is -2.51. The van der Waals surface area contributed by atoms with E-state index >= 15 is 0 Å². The van der Waals surface area contributed by atoms with E-state index in [9.17, 15) is 8.42 Å². The van der Waals surface area contributed by atoms with Crippen LogP contribution in [-0.4, -0.2) is 24.3 Å². The molecule has 0 radical (unpaired) electrons. The van der Waals surface area contributed by atoms with Gasteiger partial charge in [-0.3, -0.25) is 4.98 Å². The number of hydrogen-bond acceptors (Lipinski definition) is 3. The molecule has 1 saturated carbocycles. The lowest BCUT2D eigenvalue weighted by atomic mass is 9.84. The van der Waals surface area contributed by atoms with Crippen molar-refractivity contribution in [1.29, 1.82) is 0 Å². The maximum Gasteiger partial charge on any atom is 0.242 e. The highest BCUT2D eigenvalue weighted by molar-refractivity contribution is 9.10. The van der Waals surface area contributed by atoms with Gasteiger partial charge in [-0.2, -0.15) is 0 Å². The lowest BCUT2D eigenvalue weighted by molar-refractivity contribution is 0.301. The fourth-order valence-corrected chi connectivity index (χ4v) is 5.22. The van der Waals surface area contributed by atoms with Gasteiger partial charge in [-0.1, -0.05) is 35.2 Å². The van der Waals surface area contributed by atoms with Crippen LogP contribution in [0.2, 0.25) is 0 Å². The molecule has 1 aromatic rings. The molecule has 0 unspecified atom stereocenters. The van der Waals surface area contributed by atoms with Crippen molar-refractivity contribution in [2.75, 3.05) is 5.33 Å². The van der Waals surface area contributed by atoms with E-state index < -0.39 is 10.0 Å². The van der Waals surface area contributed by atoms with Crippen LogP contribution in [-0.2, 0) is 10.0 Å².